The van der Waals surface area contributed by atoms with E-state index in [1.807, 2.05) is 88.2 Å². The molecule has 0 fully saturated rings. The summed E-state index contributed by atoms with van der Waals surface area (Å²) in [5.74, 6) is 0.830. The largest absolute Gasteiger partial charge is 0.497 e. The minimum Gasteiger partial charge on any atom is -0.497 e. The summed E-state index contributed by atoms with van der Waals surface area (Å²) >= 11 is 6.07. The number of aromatic nitrogens is 5. The highest BCUT2D eigenvalue weighted by Crippen LogP contribution is 2.32. The molecule has 0 radical (unpaired) electrons. The second-order valence-electron chi connectivity index (χ2n) is 6.89. The first-order valence-corrected chi connectivity index (χ1v) is 9.85. The van der Waals surface area contributed by atoms with E-state index in [1.54, 1.807) is 7.11 Å². The Morgan fingerprint density at radius 2 is 1.77 bits per heavy atom. The molecule has 0 unspecified atom stereocenters. The van der Waals surface area contributed by atoms with Crippen LogP contribution in [0.5, 0.6) is 5.75 Å². The van der Waals surface area contributed by atoms with Crippen LogP contribution in [0.2, 0.25) is 5.02 Å². The summed E-state index contributed by atoms with van der Waals surface area (Å²) in [4.78, 5) is 4.83. The van der Waals surface area contributed by atoms with Crippen LogP contribution in [0.25, 0.3) is 28.3 Å². The Morgan fingerprint density at radius 1 is 0.967 bits per heavy atom. The van der Waals surface area contributed by atoms with E-state index < -0.39 is 0 Å². The van der Waals surface area contributed by atoms with Crippen molar-refractivity contribution in [1.82, 2.24) is 24.4 Å². The number of rotatable bonds is 5. The number of pyridine rings is 1. The maximum absolute atomic E-state index is 6.07. The lowest BCUT2D eigenvalue weighted by Gasteiger charge is -2.04. The van der Waals surface area contributed by atoms with Crippen LogP contribution in [0, 0.1) is 0 Å². The van der Waals surface area contributed by atoms with Gasteiger partial charge in [0.15, 0.2) is 0 Å². The quantitative estimate of drug-likeness (QED) is 0.406. The molecule has 5 aromatic rings. The van der Waals surface area contributed by atoms with E-state index in [1.165, 1.54) is 0 Å². The topological polar surface area (TPSA) is 57.2 Å². The second kappa shape index (κ2) is 7.65. The van der Waals surface area contributed by atoms with E-state index in [0.717, 1.165) is 39.6 Å². The zero-order valence-electron chi connectivity index (χ0n) is 16.2. The van der Waals surface area contributed by atoms with Crippen LogP contribution in [0.15, 0.2) is 79.1 Å². The fourth-order valence-corrected chi connectivity index (χ4v) is 3.58. The van der Waals surface area contributed by atoms with Gasteiger partial charge in [-0.2, -0.15) is 0 Å². The Kier molecular flexibility index (Phi) is 4.69. The van der Waals surface area contributed by atoms with E-state index in [-0.39, 0.29) is 0 Å². The van der Waals surface area contributed by atoms with Gasteiger partial charge in [0.1, 0.15) is 22.8 Å². The molecule has 6 nitrogen and oxygen atoms in total. The Labute approximate surface area is 178 Å². The molecule has 0 aliphatic carbocycles. The number of nitrogens with zero attached hydrogens (tertiary/aromatic N) is 5. The molecule has 3 aromatic heterocycles. The van der Waals surface area contributed by atoms with Gasteiger partial charge in [-0.3, -0.25) is 4.40 Å². The number of methoxy groups -OCH3 is 1. The van der Waals surface area contributed by atoms with Crippen molar-refractivity contribution in [1.29, 1.82) is 0 Å². The fourth-order valence-electron chi connectivity index (χ4n) is 3.45. The highest BCUT2D eigenvalue weighted by Gasteiger charge is 2.18. The first-order chi connectivity index (χ1) is 14.7. The van der Waals surface area contributed by atoms with Gasteiger partial charge in [-0.05, 0) is 42.0 Å². The van der Waals surface area contributed by atoms with Crippen molar-refractivity contribution >= 4 is 17.2 Å². The van der Waals surface area contributed by atoms with E-state index in [4.69, 9.17) is 21.3 Å². The van der Waals surface area contributed by atoms with Crippen molar-refractivity contribution in [2.75, 3.05) is 7.11 Å². The summed E-state index contributed by atoms with van der Waals surface area (Å²) in [5.41, 5.74) is 5.43. The van der Waals surface area contributed by atoms with Crippen molar-refractivity contribution in [3.8, 4) is 28.4 Å². The SMILES string of the molecule is COc1ccc(Cn2cc(-c3c(-c4ccc(Cl)cc4)nc4ccccn34)nn2)cc1. The minimum atomic E-state index is 0.615. The first-order valence-electron chi connectivity index (χ1n) is 9.48. The molecule has 30 heavy (non-hydrogen) atoms. The Bertz CT molecular complexity index is 1310. The lowest BCUT2D eigenvalue weighted by molar-refractivity contribution is 0.414. The van der Waals surface area contributed by atoms with Gasteiger partial charge in [-0.25, -0.2) is 9.67 Å². The van der Waals surface area contributed by atoms with Crippen molar-refractivity contribution in [2.24, 2.45) is 0 Å². The fraction of sp³-hybridized carbons (Fsp3) is 0.0870. The van der Waals surface area contributed by atoms with Crippen LogP contribution in [-0.4, -0.2) is 31.5 Å². The van der Waals surface area contributed by atoms with E-state index in [2.05, 4.69) is 10.3 Å². The molecule has 2 aromatic carbocycles. The lowest BCUT2D eigenvalue weighted by Crippen LogP contribution is -2.00. The third kappa shape index (κ3) is 3.42. The Morgan fingerprint density at radius 3 is 2.53 bits per heavy atom. The summed E-state index contributed by atoms with van der Waals surface area (Å²) in [7, 11) is 1.66. The van der Waals surface area contributed by atoms with Gasteiger partial charge in [0.05, 0.1) is 25.5 Å². The standard InChI is InChI=1S/C23H18ClN5O/c1-30-19-11-5-16(6-12-19)14-28-15-20(26-27-28)23-22(17-7-9-18(24)10-8-17)25-21-4-2-3-13-29(21)23/h2-13,15H,14H2,1H3. The highest BCUT2D eigenvalue weighted by atomic mass is 35.5. The Hall–Kier alpha value is -3.64. The highest BCUT2D eigenvalue weighted by molar-refractivity contribution is 6.30. The maximum Gasteiger partial charge on any atom is 0.137 e. The summed E-state index contributed by atoms with van der Waals surface area (Å²) in [5, 5.41) is 9.47. The minimum absolute atomic E-state index is 0.615. The zero-order valence-corrected chi connectivity index (χ0v) is 17.0. The number of halogens is 1. The normalized spacial score (nSPS) is 11.1. The number of fused-ring (bicyclic) bond motifs is 1. The molecule has 7 heteroatoms. The predicted molar refractivity (Wildman–Crippen MR) is 117 cm³/mol. The van der Waals surface area contributed by atoms with Gasteiger partial charge < -0.3 is 4.74 Å². The smallest absolute Gasteiger partial charge is 0.137 e. The van der Waals surface area contributed by atoms with Crippen LogP contribution >= 0.6 is 11.6 Å². The first kappa shape index (κ1) is 18.4. The van der Waals surface area contributed by atoms with Gasteiger partial charge >= 0.3 is 0 Å². The van der Waals surface area contributed by atoms with Crippen LogP contribution < -0.4 is 4.74 Å². The Balaban J connectivity index is 1.56. The number of hydrogen-bond donors (Lipinski definition) is 0. The van der Waals surface area contributed by atoms with Gasteiger partial charge in [-0.15, -0.1) is 5.10 Å². The molecule has 0 amide bonds. The molecule has 0 aliphatic heterocycles. The van der Waals surface area contributed by atoms with Gasteiger partial charge in [0.2, 0.25) is 0 Å². The van der Waals surface area contributed by atoms with Crippen molar-refractivity contribution < 1.29 is 4.74 Å². The molecule has 3 heterocycles. The maximum atomic E-state index is 6.07. The lowest BCUT2D eigenvalue weighted by atomic mass is 10.1. The summed E-state index contributed by atoms with van der Waals surface area (Å²) < 4.78 is 9.08. The number of hydrogen-bond acceptors (Lipinski definition) is 4. The molecule has 0 saturated heterocycles. The second-order valence-corrected chi connectivity index (χ2v) is 7.33. The summed E-state index contributed by atoms with van der Waals surface area (Å²) in [6.07, 6.45) is 3.93. The average Bonchev–Trinajstić information content (AvgIpc) is 3.39. The molecule has 0 spiro atoms. The molecule has 148 valence electrons. The zero-order chi connectivity index (χ0) is 20.5. The molecular formula is C23H18ClN5O. The van der Waals surface area contributed by atoms with Crippen molar-refractivity contribution in [3.63, 3.8) is 0 Å². The van der Waals surface area contributed by atoms with Crippen molar-refractivity contribution in [3.05, 3.63) is 89.7 Å². The molecule has 0 atom stereocenters. The molecule has 0 aliphatic rings. The van der Waals surface area contributed by atoms with Gasteiger partial charge in [-0.1, -0.05) is 47.1 Å². The monoisotopic (exact) mass is 415 g/mol. The number of benzene rings is 2. The number of imidazole rings is 1. The van der Waals surface area contributed by atoms with Crippen LogP contribution in [0.3, 0.4) is 0 Å². The van der Waals surface area contributed by atoms with E-state index >= 15 is 0 Å². The molecular weight excluding hydrogens is 398 g/mol. The summed E-state index contributed by atoms with van der Waals surface area (Å²) in [6, 6.07) is 21.5. The number of ether oxygens (including phenoxy) is 1. The van der Waals surface area contributed by atoms with Crippen LogP contribution in [0.4, 0.5) is 0 Å². The van der Waals surface area contributed by atoms with E-state index in [0.29, 0.717) is 11.6 Å². The van der Waals surface area contributed by atoms with Gasteiger partial charge in [0.25, 0.3) is 0 Å². The molecule has 0 saturated carbocycles. The average molecular weight is 416 g/mol. The van der Waals surface area contributed by atoms with Crippen LogP contribution in [0.1, 0.15) is 5.56 Å². The summed E-state index contributed by atoms with van der Waals surface area (Å²) in [6.45, 7) is 0.615. The van der Waals surface area contributed by atoms with Crippen LogP contribution in [-0.2, 0) is 6.54 Å². The van der Waals surface area contributed by atoms with E-state index in [9.17, 15) is 0 Å². The molecule has 0 N–H and O–H groups in total. The predicted octanol–water partition coefficient (Wildman–Crippen LogP) is 4.97. The third-order valence-electron chi connectivity index (χ3n) is 4.93. The molecule has 0 bridgehead atoms. The third-order valence-corrected chi connectivity index (χ3v) is 5.18. The molecule has 5 rings (SSSR count). The van der Waals surface area contributed by atoms with Crippen molar-refractivity contribution in [2.45, 2.75) is 6.54 Å². The van der Waals surface area contributed by atoms with Gasteiger partial charge in [0, 0.05) is 16.8 Å².